The largest absolute Gasteiger partial charge is 0.356 e. The number of anilines is 1. The number of para-hydroxylation sites is 1. The van der Waals surface area contributed by atoms with Crippen LogP contribution in [0.5, 0.6) is 0 Å². The highest BCUT2D eigenvalue weighted by Gasteiger charge is 2.59. The standard InChI is InChI=1S/C29H30N4O3/c1-29-25-23(22-9-5-6-10-24(22)31-25)16-18-32(29)28(36)33(27(29)35)21-13-11-20(12-14-21)26(34)30-17-15-19-7-3-2-4-8-19/h5-7,9-14,31H,2-4,8,15-18H2,1H3,(H,30,34)/t29-/m0/s1. The Morgan fingerprint density at radius 1 is 1.06 bits per heavy atom. The molecule has 3 aliphatic rings. The van der Waals surface area contributed by atoms with Crippen LogP contribution in [-0.4, -0.2) is 40.8 Å². The first-order valence-electron chi connectivity index (χ1n) is 12.8. The maximum absolute atomic E-state index is 13.8. The highest BCUT2D eigenvalue weighted by molar-refractivity contribution is 6.23. The van der Waals surface area contributed by atoms with Crippen LogP contribution in [0.2, 0.25) is 0 Å². The molecule has 1 fully saturated rings. The number of amides is 4. The maximum Gasteiger partial charge on any atom is 0.332 e. The van der Waals surface area contributed by atoms with E-state index in [0.29, 0.717) is 30.8 Å². The summed E-state index contributed by atoms with van der Waals surface area (Å²) in [6, 6.07) is 14.4. The van der Waals surface area contributed by atoms with Gasteiger partial charge in [0, 0.05) is 29.6 Å². The first kappa shape index (κ1) is 22.6. The number of H-pyrrole nitrogens is 1. The minimum Gasteiger partial charge on any atom is -0.356 e. The van der Waals surface area contributed by atoms with E-state index < -0.39 is 5.54 Å². The molecule has 0 unspecified atom stereocenters. The molecular weight excluding hydrogens is 452 g/mol. The number of carbonyl (C=O) groups is 3. The molecule has 1 saturated heterocycles. The fourth-order valence-corrected chi connectivity index (χ4v) is 5.95. The number of aromatic nitrogens is 1. The Bertz CT molecular complexity index is 1400. The van der Waals surface area contributed by atoms with Crippen molar-refractivity contribution >= 4 is 34.4 Å². The summed E-state index contributed by atoms with van der Waals surface area (Å²) >= 11 is 0. The van der Waals surface area contributed by atoms with E-state index in [4.69, 9.17) is 0 Å². The number of urea groups is 1. The van der Waals surface area contributed by atoms with Crippen LogP contribution in [0.4, 0.5) is 10.5 Å². The molecule has 2 aliphatic heterocycles. The van der Waals surface area contributed by atoms with Gasteiger partial charge in [0.25, 0.3) is 11.8 Å². The molecule has 3 aromatic rings. The van der Waals surface area contributed by atoms with Gasteiger partial charge in [0.15, 0.2) is 5.54 Å². The highest BCUT2D eigenvalue weighted by Crippen LogP contribution is 2.45. The fourth-order valence-electron chi connectivity index (χ4n) is 5.95. The second kappa shape index (κ2) is 8.66. The van der Waals surface area contributed by atoms with Gasteiger partial charge in [-0.15, -0.1) is 0 Å². The molecule has 4 amide bonds. The SMILES string of the molecule is C[C@]12C(=O)N(c3ccc(C(=O)NCCC4=CCCCC4)cc3)C(=O)N1CCc1c2[nH]c2ccccc12. The van der Waals surface area contributed by atoms with Gasteiger partial charge in [-0.05, 0) is 81.3 Å². The number of aromatic amines is 1. The van der Waals surface area contributed by atoms with Crippen LogP contribution in [0.25, 0.3) is 10.9 Å². The average Bonchev–Trinajstić information content (AvgIpc) is 3.38. The third-order valence-corrected chi connectivity index (χ3v) is 7.97. The molecule has 0 spiro atoms. The number of fused-ring (bicyclic) bond motifs is 5. The Balaban J connectivity index is 1.21. The topological polar surface area (TPSA) is 85.5 Å². The van der Waals surface area contributed by atoms with E-state index >= 15 is 0 Å². The Morgan fingerprint density at radius 3 is 2.64 bits per heavy atom. The molecule has 7 nitrogen and oxygen atoms in total. The summed E-state index contributed by atoms with van der Waals surface area (Å²) in [6.45, 7) is 2.91. The molecule has 2 N–H and O–H groups in total. The van der Waals surface area contributed by atoms with E-state index in [9.17, 15) is 14.4 Å². The van der Waals surface area contributed by atoms with Crippen molar-refractivity contribution in [3.63, 3.8) is 0 Å². The van der Waals surface area contributed by atoms with Gasteiger partial charge >= 0.3 is 6.03 Å². The zero-order valence-corrected chi connectivity index (χ0v) is 20.5. The lowest BCUT2D eigenvalue weighted by Gasteiger charge is -2.35. The second-order valence-electron chi connectivity index (χ2n) is 10.1. The predicted molar refractivity (Wildman–Crippen MR) is 139 cm³/mol. The molecule has 1 atom stereocenters. The Morgan fingerprint density at radius 2 is 1.86 bits per heavy atom. The lowest BCUT2D eigenvalue weighted by atomic mass is 9.87. The smallest absolute Gasteiger partial charge is 0.332 e. The van der Waals surface area contributed by atoms with Crippen molar-refractivity contribution in [1.29, 1.82) is 0 Å². The number of allylic oxidation sites excluding steroid dienone is 1. The molecule has 1 aromatic heterocycles. The number of carbonyl (C=O) groups excluding carboxylic acids is 3. The predicted octanol–water partition coefficient (Wildman–Crippen LogP) is 5.03. The first-order chi connectivity index (χ1) is 17.5. The van der Waals surface area contributed by atoms with Crippen molar-refractivity contribution in [2.45, 2.75) is 51.0 Å². The van der Waals surface area contributed by atoms with Crippen molar-refractivity contribution in [1.82, 2.24) is 15.2 Å². The molecule has 2 aromatic carbocycles. The lowest BCUT2D eigenvalue weighted by molar-refractivity contribution is -0.125. The van der Waals surface area contributed by atoms with Gasteiger partial charge in [0.2, 0.25) is 0 Å². The van der Waals surface area contributed by atoms with Crippen molar-refractivity contribution in [3.05, 3.63) is 77.0 Å². The van der Waals surface area contributed by atoms with Crippen molar-refractivity contribution in [2.75, 3.05) is 18.0 Å². The fraction of sp³-hybridized carbons (Fsp3) is 0.345. The maximum atomic E-state index is 13.8. The van der Waals surface area contributed by atoms with Gasteiger partial charge < -0.3 is 15.2 Å². The average molecular weight is 483 g/mol. The molecule has 0 bridgehead atoms. The van der Waals surface area contributed by atoms with E-state index in [2.05, 4.69) is 22.4 Å². The van der Waals surface area contributed by atoms with Crippen LogP contribution < -0.4 is 10.2 Å². The Kier molecular flexibility index (Phi) is 5.43. The Hall–Kier alpha value is -3.87. The van der Waals surface area contributed by atoms with Gasteiger partial charge in [-0.3, -0.25) is 9.59 Å². The number of imide groups is 1. The summed E-state index contributed by atoms with van der Waals surface area (Å²) < 4.78 is 0. The molecule has 6 rings (SSSR count). The first-order valence-corrected chi connectivity index (χ1v) is 12.8. The summed E-state index contributed by atoms with van der Waals surface area (Å²) in [7, 11) is 0. The lowest BCUT2D eigenvalue weighted by Crippen LogP contribution is -2.49. The minimum atomic E-state index is -1.09. The normalized spacial score (nSPS) is 21.4. The Labute approximate surface area is 210 Å². The number of benzene rings is 2. The number of nitrogens with zero attached hydrogens (tertiary/aromatic N) is 2. The quantitative estimate of drug-likeness (QED) is 0.395. The molecule has 184 valence electrons. The summed E-state index contributed by atoms with van der Waals surface area (Å²) in [4.78, 5) is 46.2. The molecule has 3 heterocycles. The van der Waals surface area contributed by atoms with E-state index in [0.717, 1.165) is 41.4 Å². The van der Waals surface area contributed by atoms with Crippen LogP contribution in [0.3, 0.4) is 0 Å². The minimum absolute atomic E-state index is 0.149. The van der Waals surface area contributed by atoms with Crippen LogP contribution >= 0.6 is 0 Å². The van der Waals surface area contributed by atoms with E-state index in [1.165, 1.54) is 23.3 Å². The van der Waals surface area contributed by atoms with Gasteiger partial charge in [0.1, 0.15) is 0 Å². The molecule has 7 heteroatoms. The van der Waals surface area contributed by atoms with Crippen LogP contribution in [-0.2, 0) is 16.8 Å². The van der Waals surface area contributed by atoms with E-state index in [1.807, 2.05) is 25.1 Å². The molecular formula is C29H30N4O3. The zero-order chi connectivity index (χ0) is 24.9. The van der Waals surface area contributed by atoms with Crippen LogP contribution in [0.15, 0.2) is 60.2 Å². The molecule has 36 heavy (non-hydrogen) atoms. The second-order valence-corrected chi connectivity index (χ2v) is 10.1. The highest BCUT2D eigenvalue weighted by atomic mass is 16.2. The number of rotatable bonds is 5. The van der Waals surface area contributed by atoms with Gasteiger partial charge in [-0.2, -0.15) is 0 Å². The summed E-state index contributed by atoms with van der Waals surface area (Å²) in [5.41, 5.74) is 4.18. The van der Waals surface area contributed by atoms with Crippen molar-refractivity contribution in [3.8, 4) is 0 Å². The van der Waals surface area contributed by atoms with Gasteiger partial charge in [-0.1, -0.05) is 29.8 Å². The molecule has 1 aliphatic carbocycles. The van der Waals surface area contributed by atoms with Crippen molar-refractivity contribution < 1.29 is 14.4 Å². The number of nitrogens with one attached hydrogen (secondary N) is 2. The van der Waals surface area contributed by atoms with Crippen LogP contribution in [0, 0.1) is 0 Å². The summed E-state index contributed by atoms with van der Waals surface area (Å²) in [5, 5.41) is 4.08. The van der Waals surface area contributed by atoms with Gasteiger partial charge in [0.05, 0.1) is 11.4 Å². The van der Waals surface area contributed by atoms with E-state index in [1.54, 1.807) is 29.2 Å². The van der Waals surface area contributed by atoms with Crippen molar-refractivity contribution in [2.24, 2.45) is 0 Å². The number of hydrogen-bond acceptors (Lipinski definition) is 3. The monoisotopic (exact) mass is 482 g/mol. The van der Waals surface area contributed by atoms with Gasteiger partial charge in [-0.25, -0.2) is 9.69 Å². The van der Waals surface area contributed by atoms with Crippen LogP contribution in [0.1, 0.15) is 60.6 Å². The summed E-state index contributed by atoms with van der Waals surface area (Å²) in [6.07, 6.45) is 8.61. The molecule has 0 saturated carbocycles. The zero-order valence-electron chi connectivity index (χ0n) is 20.5. The third-order valence-electron chi connectivity index (χ3n) is 7.97. The number of hydrogen-bond donors (Lipinski definition) is 2. The third kappa shape index (κ3) is 3.45. The van der Waals surface area contributed by atoms with E-state index in [-0.39, 0.29) is 17.8 Å². The summed E-state index contributed by atoms with van der Waals surface area (Å²) in [5.74, 6) is -0.429. The molecule has 0 radical (unpaired) electrons.